The van der Waals surface area contributed by atoms with E-state index < -0.39 is 22.2 Å². The second kappa shape index (κ2) is 13.7. The zero-order chi connectivity index (χ0) is 30.4. The van der Waals surface area contributed by atoms with Crippen molar-refractivity contribution in [1.29, 1.82) is 0 Å². The first-order valence-corrected chi connectivity index (χ1v) is 14.6. The Bertz CT molecular complexity index is 1300. The van der Waals surface area contributed by atoms with Crippen molar-refractivity contribution in [3.05, 3.63) is 41.1 Å². The van der Waals surface area contributed by atoms with Crippen molar-refractivity contribution in [3.63, 3.8) is 0 Å². The number of aromatic nitrogens is 1. The number of methoxy groups -OCH3 is 1. The fourth-order valence-electron chi connectivity index (χ4n) is 4.60. The number of carbonyl (C=O) groups excluding carboxylic acids is 1. The van der Waals surface area contributed by atoms with Crippen LogP contribution in [0.25, 0.3) is 0 Å². The van der Waals surface area contributed by atoms with Crippen molar-refractivity contribution in [3.8, 4) is 5.75 Å². The van der Waals surface area contributed by atoms with E-state index in [0.29, 0.717) is 29.3 Å². The molecular formula is C26H35F3N4O7S. The molecule has 228 valence electrons. The van der Waals surface area contributed by atoms with Crippen LogP contribution in [0.15, 0.2) is 27.7 Å². The predicted molar refractivity (Wildman–Crippen MR) is 141 cm³/mol. The largest absolute Gasteiger partial charge is 0.497 e. The van der Waals surface area contributed by atoms with Gasteiger partial charge in [-0.05, 0) is 88.2 Å². The molecule has 2 aliphatic rings. The molecular weight excluding hydrogens is 569 g/mol. The zero-order valence-electron chi connectivity index (χ0n) is 23.1. The van der Waals surface area contributed by atoms with Crippen LogP contribution in [0.3, 0.4) is 0 Å². The highest BCUT2D eigenvalue weighted by Crippen LogP contribution is 2.36. The van der Waals surface area contributed by atoms with Crippen LogP contribution in [0, 0.1) is 19.8 Å². The van der Waals surface area contributed by atoms with Crippen molar-refractivity contribution < 1.29 is 45.4 Å². The Hall–Kier alpha value is -3.17. The van der Waals surface area contributed by atoms with Gasteiger partial charge in [-0.2, -0.15) is 17.5 Å². The van der Waals surface area contributed by atoms with Crippen LogP contribution in [0.4, 0.5) is 13.2 Å². The molecule has 1 amide bonds. The Morgan fingerprint density at radius 1 is 1.22 bits per heavy atom. The average molecular weight is 605 g/mol. The van der Waals surface area contributed by atoms with Crippen LogP contribution in [0.2, 0.25) is 0 Å². The highest BCUT2D eigenvalue weighted by Gasteiger charge is 2.40. The van der Waals surface area contributed by atoms with Gasteiger partial charge in [-0.3, -0.25) is 4.79 Å². The van der Waals surface area contributed by atoms with Gasteiger partial charge in [0, 0.05) is 12.6 Å². The van der Waals surface area contributed by atoms with Crippen LogP contribution in [-0.4, -0.2) is 73.7 Å². The van der Waals surface area contributed by atoms with E-state index >= 15 is 0 Å². The van der Waals surface area contributed by atoms with Gasteiger partial charge >= 0.3 is 12.1 Å². The van der Waals surface area contributed by atoms with Gasteiger partial charge in [0.1, 0.15) is 12.0 Å². The quantitative estimate of drug-likeness (QED) is 0.371. The van der Waals surface area contributed by atoms with Crippen molar-refractivity contribution in [2.45, 2.75) is 69.6 Å². The first-order valence-electron chi connectivity index (χ1n) is 13.1. The maximum Gasteiger partial charge on any atom is 0.490 e. The van der Waals surface area contributed by atoms with E-state index in [2.05, 4.69) is 15.6 Å². The minimum atomic E-state index is -5.08. The van der Waals surface area contributed by atoms with Gasteiger partial charge in [-0.1, -0.05) is 0 Å². The van der Waals surface area contributed by atoms with E-state index in [-0.39, 0.29) is 35.0 Å². The Morgan fingerprint density at radius 3 is 2.37 bits per heavy atom. The van der Waals surface area contributed by atoms with Gasteiger partial charge in [0.15, 0.2) is 5.69 Å². The van der Waals surface area contributed by atoms with Gasteiger partial charge in [-0.25, -0.2) is 18.2 Å². The topological polar surface area (TPSA) is 151 Å². The van der Waals surface area contributed by atoms with Crippen LogP contribution in [-0.2, 0) is 21.4 Å². The van der Waals surface area contributed by atoms with E-state index in [1.807, 2.05) is 0 Å². The van der Waals surface area contributed by atoms with E-state index in [0.717, 1.165) is 32.4 Å². The molecule has 1 atom stereocenters. The monoisotopic (exact) mass is 604 g/mol. The number of nitrogens with zero attached hydrogens (tertiary/aromatic N) is 2. The molecule has 2 aromatic rings. The van der Waals surface area contributed by atoms with Gasteiger partial charge in [-0.15, -0.1) is 0 Å². The number of aryl methyl sites for hydroxylation is 2. The summed E-state index contributed by atoms with van der Waals surface area (Å²) < 4.78 is 71.2. The standard InChI is InChI=1S/C24H34N4O5S.C2HF3O2/c1-16-11-20(32-3)12-17(2)23(16)34(30,31)28(19-6-7-19)14-22-27-21(15-33-22)24(29)26-10-8-18-5-4-9-25-13-18;3-2(4,5)1(6)7/h11-12,15,18-19,25H,4-10,13-14H2,1-3H3,(H,26,29);(H,6,7). The Kier molecular flexibility index (Phi) is 10.8. The second-order valence-electron chi connectivity index (χ2n) is 10.1. The van der Waals surface area contributed by atoms with Crippen LogP contribution < -0.4 is 15.4 Å². The summed E-state index contributed by atoms with van der Waals surface area (Å²) in [6, 6.07) is 3.35. The number of piperidine rings is 1. The zero-order valence-corrected chi connectivity index (χ0v) is 23.9. The molecule has 41 heavy (non-hydrogen) atoms. The highest BCUT2D eigenvalue weighted by atomic mass is 32.2. The first kappa shape index (κ1) is 32.3. The maximum atomic E-state index is 13.6. The molecule has 2 fully saturated rings. The van der Waals surface area contributed by atoms with Crippen LogP contribution in [0.1, 0.15) is 59.6 Å². The fourth-order valence-corrected chi connectivity index (χ4v) is 6.65. The minimum absolute atomic E-state index is 0.0149. The van der Waals surface area contributed by atoms with E-state index in [1.165, 1.54) is 23.4 Å². The van der Waals surface area contributed by atoms with Gasteiger partial charge in [0.2, 0.25) is 15.9 Å². The molecule has 1 saturated heterocycles. The summed E-state index contributed by atoms with van der Waals surface area (Å²) in [5.41, 5.74) is 1.42. The SMILES string of the molecule is COc1cc(C)c(S(=O)(=O)N(Cc2nc(C(=O)NCCC3CCCNC3)co2)C2CC2)c(C)c1.O=C(O)C(F)(F)F. The minimum Gasteiger partial charge on any atom is -0.497 e. The van der Waals surface area contributed by atoms with Crippen molar-refractivity contribution in [2.75, 3.05) is 26.7 Å². The number of carbonyl (C=O) groups is 2. The Morgan fingerprint density at radius 2 is 1.85 bits per heavy atom. The number of benzene rings is 1. The lowest BCUT2D eigenvalue weighted by atomic mass is 9.96. The summed E-state index contributed by atoms with van der Waals surface area (Å²) in [7, 11) is -2.23. The van der Waals surface area contributed by atoms with Crippen LogP contribution >= 0.6 is 0 Å². The summed E-state index contributed by atoms with van der Waals surface area (Å²) in [6.07, 6.45) is 1.05. The fraction of sp³-hybridized carbons (Fsp3) is 0.577. The number of halogens is 3. The number of hydrogen-bond acceptors (Lipinski definition) is 8. The molecule has 3 N–H and O–H groups in total. The lowest BCUT2D eigenvalue weighted by Gasteiger charge is -2.23. The summed E-state index contributed by atoms with van der Waals surface area (Å²) in [5.74, 6) is -1.66. The van der Waals surface area contributed by atoms with Gasteiger partial charge in [0.05, 0.1) is 18.6 Å². The molecule has 4 rings (SSSR count). The first-order chi connectivity index (χ1) is 19.2. The normalized spacial score (nSPS) is 17.5. The number of ether oxygens (including phenoxy) is 1. The summed E-state index contributed by atoms with van der Waals surface area (Å²) in [4.78, 5) is 26.0. The lowest BCUT2D eigenvalue weighted by Crippen LogP contribution is -2.34. The van der Waals surface area contributed by atoms with Crippen molar-refractivity contribution in [1.82, 2.24) is 19.9 Å². The number of carboxylic acids is 1. The molecule has 1 aromatic heterocycles. The number of rotatable bonds is 10. The van der Waals surface area contributed by atoms with Crippen molar-refractivity contribution in [2.24, 2.45) is 5.92 Å². The number of alkyl halides is 3. The lowest BCUT2D eigenvalue weighted by molar-refractivity contribution is -0.192. The summed E-state index contributed by atoms with van der Waals surface area (Å²) in [5, 5.41) is 13.4. The molecule has 1 saturated carbocycles. The van der Waals surface area contributed by atoms with Gasteiger partial charge < -0.3 is 24.9 Å². The molecule has 1 unspecified atom stereocenters. The number of sulfonamides is 1. The van der Waals surface area contributed by atoms with E-state index in [9.17, 15) is 26.4 Å². The smallest absolute Gasteiger partial charge is 0.490 e. The average Bonchev–Trinajstić information content (AvgIpc) is 3.63. The van der Waals surface area contributed by atoms with Gasteiger partial charge in [0.25, 0.3) is 5.91 Å². The Balaban J connectivity index is 0.000000587. The molecule has 11 nitrogen and oxygen atoms in total. The van der Waals surface area contributed by atoms with E-state index in [4.69, 9.17) is 19.1 Å². The molecule has 0 radical (unpaired) electrons. The third-order valence-corrected chi connectivity index (χ3v) is 8.95. The number of aliphatic carboxylic acids is 1. The number of carboxylic acid groups (broad SMARTS) is 1. The molecule has 1 aromatic carbocycles. The second-order valence-corrected chi connectivity index (χ2v) is 11.9. The highest BCUT2D eigenvalue weighted by molar-refractivity contribution is 7.89. The molecule has 0 spiro atoms. The molecule has 0 bridgehead atoms. The van der Waals surface area contributed by atoms with Crippen LogP contribution in [0.5, 0.6) is 5.75 Å². The predicted octanol–water partition coefficient (Wildman–Crippen LogP) is 3.41. The van der Waals surface area contributed by atoms with E-state index in [1.54, 1.807) is 33.1 Å². The maximum absolute atomic E-state index is 13.6. The molecule has 1 aliphatic heterocycles. The number of hydrogen-bond donors (Lipinski definition) is 3. The molecule has 15 heteroatoms. The number of oxazole rings is 1. The number of amides is 1. The summed E-state index contributed by atoms with van der Waals surface area (Å²) in [6.45, 7) is 6.15. The third kappa shape index (κ3) is 8.91. The third-order valence-electron chi connectivity index (χ3n) is 6.75. The summed E-state index contributed by atoms with van der Waals surface area (Å²) >= 11 is 0. The Labute approximate surface area is 236 Å². The van der Waals surface area contributed by atoms with Crippen molar-refractivity contribution >= 4 is 21.9 Å². The number of nitrogens with one attached hydrogen (secondary N) is 2. The molecule has 1 aliphatic carbocycles. The molecule has 2 heterocycles.